The van der Waals surface area contributed by atoms with E-state index in [2.05, 4.69) is 4.98 Å². The van der Waals surface area contributed by atoms with Crippen molar-refractivity contribution in [2.75, 3.05) is 38.7 Å². The molecule has 8 nitrogen and oxygen atoms in total. The molecule has 0 fully saturated rings. The van der Waals surface area contributed by atoms with Crippen molar-refractivity contribution in [3.63, 3.8) is 0 Å². The maximum Gasteiger partial charge on any atom is 0.366 e. The number of fused-ring (bicyclic) bond motifs is 1. The minimum atomic E-state index is -0.594. The lowest BCUT2D eigenvalue weighted by Gasteiger charge is -2.26. The number of anilines is 1. The Kier molecular flexibility index (Phi) is 3.61. The maximum atomic E-state index is 11.8. The lowest BCUT2D eigenvalue weighted by atomic mass is 10.3. The fraction of sp³-hybridized carbons (Fsp3) is 0.455. The molecule has 2 rings (SSSR count). The van der Waals surface area contributed by atoms with Gasteiger partial charge in [0.1, 0.15) is 0 Å². The summed E-state index contributed by atoms with van der Waals surface area (Å²) in [7, 11) is 3.76. The second-order valence-corrected chi connectivity index (χ2v) is 4.39. The number of carbonyl (C=O) groups excluding carboxylic acids is 1. The normalized spacial score (nSPS) is 14.3. The standard InChI is InChI=1S/C11H14N4O4/c1-13(2)5-6-14-10(16)7-19-8-3-4-9(15(17)18)12-11(8)14/h3-4H,5-7H2,1-2H3. The van der Waals surface area contributed by atoms with Crippen LogP contribution in [0.1, 0.15) is 0 Å². The van der Waals surface area contributed by atoms with Crippen molar-refractivity contribution >= 4 is 17.5 Å². The van der Waals surface area contributed by atoms with Crippen LogP contribution in [0.5, 0.6) is 5.75 Å². The zero-order valence-electron chi connectivity index (χ0n) is 10.7. The molecule has 19 heavy (non-hydrogen) atoms. The topological polar surface area (TPSA) is 88.8 Å². The molecule has 0 aliphatic carbocycles. The fourth-order valence-electron chi connectivity index (χ4n) is 1.70. The summed E-state index contributed by atoms with van der Waals surface area (Å²) in [6.45, 7) is 0.978. The highest BCUT2D eigenvalue weighted by Gasteiger charge is 2.31. The molecule has 8 heteroatoms. The lowest BCUT2D eigenvalue weighted by Crippen LogP contribution is -2.43. The van der Waals surface area contributed by atoms with E-state index in [1.807, 2.05) is 19.0 Å². The monoisotopic (exact) mass is 266 g/mol. The molecule has 1 aliphatic heterocycles. The van der Waals surface area contributed by atoms with Gasteiger partial charge in [-0.3, -0.25) is 9.69 Å². The summed E-state index contributed by atoms with van der Waals surface area (Å²) in [5.41, 5.74) is 0. The molecule has 0 bridgehead atoms. The summed E-state index contributed by atoms with van der Waals surface area (Å²) in [5, 5.41) is 10.7. The molecule has 0 saturated heterocycles. The van der Waals surface area contributed by atoms with E-state index < -0.39 is 4.92 Å². The van der Waals surface area contributed by atoms with Gasteiger partial charge >= 0.3 is 5.82 Å². The van der Waals surface area contributed by atoms with Gasteiger partial charge in [-0.25, -0.2) is 0 Å². The fourth-order valence-corrected chi connectivity index (χ4v) is 1.70. The summed E-state index contributed by atoms with van der Waals surface area (Å²) < 4.78 is 5.22. The molecular formula is C11H14N4O4. The summed E-state index contributed by atoms with van der Waals surface area (Å²) >= 11 is 0. The van der Waals surface area contributed by atoms with E-state index in [-0.39, 0.29) is 24.1 Å². The molecule has 1 aliphatic rings. The first-order valence-electron chi connectivity index (χ1n) is 5.72. The molecule has 102 valence electrons. The second kappa shape index (κ2) is 5.19. The largest absolute Gasteiger partial charge is 0.477 e. The first-order valence-corrected chi connectivity index (χ1v) is 5.72. The predicted octanol–water partition coefficient (Wildman–Crippen LogP) is 0.277. The van der Waals surface area contributed by atoms with Crippen molar-refractivity contribution in [2.24, 2.45) is 0 Å². The number of likely N-dealkylation sites (N-methyl/N-ethyl adjacent to an activating group) is 1. The molecule has 0 aromatic carbocycles. The van der Waals surface area contributed by atoms with Crippen LogP contribution in [0.4, 0.5) is 11.6 Å². The average molecular weight is 266 g/mol. The summed E-state index contributed by atoms with van der Waals surface area (Å²) in [5.74, 6) is 0.0607. The van der Waals surface area contributed by atoms with Gasteiger partial charge in [-0.15, -0.1) is 0 Å². The molecule has 0 spiro atoms. The molecule has 1 aromatic rings. The number of hydrogen-bond donors (Lipinski definition) is 0. The first kappa shape index (κ1) is 13.2. The van der Waals surface area contributed by atoms with E-state index in [4.69, 9.17) is 4.74 Å². The number of pyridine rings is 1. The zero-order valence-corrected chi connectivity index (χ0v) is 10.7. The Morgan fingerprint density at radius 3 is 2.89 bits per heavy atom. The van der Waals surface area contributed by atoms with Crippen LogP contribution in [0, 0.1) is 10.1 Å². The quantitative estimate of drug-likeness (QED) is 0.574. The van der Waals surface area contributed by atoms with Crippen molar-refractivity contribution in [1.82, 2.24) is 9.88 Å². The highest BCUT2D eigenvalue weighted by Crippen LogP contribution is 2.31. The van der Waals surface area contributed by atoms with Gasteiger partial charge < -0.3 is 19.8 Å². The number of hydrogen-bond acceptors (Lipinski definition) is 6. The Balaban J connectivity index is 2.32. The summed E-state index contributed by atoms with van der Waals surface area (Å²) in [6, 6.07) is 2.73. The van der Waals surface area contributed by atoms with Crippen LogP contribution in [0.3, 0.4) is 0 Å². The van der Waals surface area contributed by atoms with Gasteiger partial charge in [-0.2, -0.15) is 0 Å². The van der Waals surface area contributed by atoms with Crippen LogP contribution in [0.15, 0.2) is 12.1 Å². The minimum Gasteiger partial charge on any atom is -0.477 e. The average Bonchev–Trinajstić information content (AvgIpc) is 2.36. The van der Waals surface area contributed by atoms with E-state index in [0.29, 0.717) is 18.8 Å². The molecule has 0 N–H and O–H groups in total. The lowest BCUT2D eigenvalue weighted by molar-refractivity contribution is -0.389. The molecule has 2 heterocycles. The SMILES string of the molecule is CN(C)CCN1C(=O)COc2ccc([N+](=O)[O-])nc21. The zero-order chi connectivity index (χ0) is 14.0. The molecular weight excluding hydrogens is 252 g/mol. The Labute approximate surface area is 109 Å². The van der Waals surface area contributed by atoms with E-state index in [1.54, 1.807) is 0 Å². The Morgan fingerprint density at radius 2 is 2.26 bits per heavy atom. The number of ether oxygens (including phenoxy) is 1. The van der Waals surface area contributed by atoms with Crippen LogP contribution in [-0.2, 0) is 4.79 Å². The molecule has 0 saturated carbocycles. The number of carbonyl (C=O) groups is 1. The van der Waals surface area contributed by atoms with E-state index >= 15 is 0 Å². The van der Waals surface area contributed by atoms with Gasteiger partial charge in [0.2, 0.25) is 0 Å². The summed E-state index contributed by atoms with van der Waals surface area (Å²) in [4.78, 5) is 29.2. The third kappa shape index (κ3) is 2.79. The van der Waals surface area contributed by atoms with E-state index in [0.717, 1.165) is 0 Å². The molecule has 0 unspecified atom stereocenters. The van der Waals surface area contributed by atoms with Crippen molar-refractivity contribution in [1.29, 1.82) is 0 Å². The van der Waals surface area contributed by atoms with Crippen molar-refractivity contribution < 1.29 is 14.5 Å². The molecule has 1 aromatic heterocycles. The third-order valence-corrected chi connectivity index (χ3v) is 2.69. The Hall–Kier alpha value is -2.22. The van der Waals surface area contributed by atoms with Gasteiger partial charge in [-0.1, -0.05) is 0 Å². The van der Waals surface area contributed by atoms with Crippen LogP contribution in [0.2, 0.25) is 0 Å². The van der Waals surface area contributed by atoms with Crippen molar-refractivity contribution in [2.45, 2.75) is 0 Å². The highest BCUT2D eigenvalue weighted by molar-refractivity contribution is 5.96. The van der Waals surface area contributed by atoms with Gasteiger partial charge in [-0.05, 0) is 30.1 Å². The third-order valence-electron chi connectivity index (χ3n) is 2.69. The van der Waals surface area contributed by atoms with Gasteiger partial charge in [0.15, 0.2) is 12.4 Å². The minimum absolute atomic E-state index is 0.0695. The highest BCUT2D eigenvalue weighted by atomic mass is 16.6. The maximum absolute atomic E-state index is 11.8. The second-order valence-electron chi connectivity index (χ2n) is 4.39. The smallest absolute Gasteiger partial charge is 0.366 e. The van der Waals surface area contributed by atoms with Crippen molar-refractivity contribution in [3.05, 3.63) is 22.2 Å². The van der Waals surface area contributed by atoms with Crippen LogP contribution < -0.4 is 9.64 Å². The van der Waals surface area contributed by atoms with Crippen LogP contribution >= 0.6 is 0 Å². The number of aromatic nitrogens is 1. The number of rotatable bonds is 4. The molecule has 0 radical (unpaired) electrons. The van der Waals surface area contributed by atoms with E-state index in [1.165, 1.54) is 17.0 Å². The summed E-state index contributed by atoms with van der Waals surface area (Å²) in [6.07, 6.45) is 0. The number of nitrogens with zero attached hydrogens (tertiary/aromatic N) is 4. The number of amides is 1. The van der Waals surface area contributed by atoms with Gasteiger partial charge in [0.25, 0.3) is 11.7 Å². The van der Waals surface area contributed by atoms with Crippen molar-refractivity contribution in [3.8, 4) is 5.75 Å². The molecule has 0 atom stereocenters. The van der Waals surface area contributed by atoms with Gasteiger partial charge in [0.05, 0.1) is 0 Å². The molecule has 1 amide bonds. The van der Waals surface area contributed by atoms with Crippen LogP contribution in [0.25, 0.3) is 0 Å². The Bertz CT molecular complexity index is 517. The number of nitro groups is 1. The Morgan fingerprint density at radius 1 is 1.53 bits per heavy atom. The van der Waals surface area contributed by atoms with Gasteiger partial charge in [0, 0.05) is 19.2 Å². The predicted molar refractivity (Wildman–Crippen MR) is 67.3 cm³/mol. The van der Waals surface area contributed by atoms with Crippen LogP contribution in [-0.4, -0.2) is 54.5 Å². The first-order chi connectivity index (χ1) is 8.99. The van der Waals surface area contributed by atoms with E-state index in [9.17, 15) is 14.9 Å².